The van der Waals surface area contributed by atoms with Crippen molar-refractivity contribution in [3.63, 3.8) is 0 Å². The Morgan fingerprint density at radius 3 is 2.00 bits per heavy atom. The summed E-state index contributed by atoms with van der Waals surface area (Å²) < 4.78 is 76.7. The van der Waals surface area contributed by atoms with Crippen molar-refractivity contribution < 1.29 is 31.4 Å². The molecule has 2 aromatic carbocycles. The molecule has 0 aliphatic heterocycles. The minimum Gasteiger partial charge on any atom is -0.467 e. The third kappa shape index (κ3) is 3.20. The first-order valence-corrected chi connectivity index (χ1v) is 6.96. The van der Waals surface area contributed by atoms with E-state index in [9.17, 15) is 22.0 Å². The van der Waals surface area contributed by atoms with Crippen molar-refractivity contribution in [2.75, 3.05) is 13.9 Å². The maximum absolute atomic E-state index is 13.7. The second-order valence-corrected chi connectivity index (χ2v) is 5.41. The number of para-hydroxylation sites is 1. The Labute approximate surface area is 124 Å². The average Bonchev–Trinajstić information content (AvgIpc) is 2.54. The van der Waals surface area contributed by atoms with E-state index in [0.717, 1.165) is 0 Å². The van der Waals surface area contributed by atoms with Crippen LogP contribution in [0.2, 0.25) is 0 Å². The van der Waals surface area contributed by atoms with Gasteiger partial charge in [-0.05, 0) is 14.6 Å². The number of ether oxygens (including phenoxy) is 2. The molecule has 0 N–H and O–H groups in total. The van der Waals surface area contributed by atoms with Gasteiger partial charge in [0.1, 0.15) is 5.75 Å². The fourth-order valence-electron chi connectivity index (χ4n) is 1.67. The van der Waals surface area contributed by atoms with Crippen molar-refractivity contribution in [2.45, 2.75) is 0 Å². The summed E-state index contributed by atoms with van der Waals surface area (Å²) >= 11 is 0. The summed E-state index contributed by atoms with van der Waals surface area (Å²) in [4.78, 5) is 0. The molecule has 2 rings (SSSR count). The zero-order valence-corrected chi connectivity index (χ0v) is 12.2. The topological polar surface area (TPSA) is 18.5 Å². The summed E-state index contributed by atoms with van der Waals surface area (Å²) in [6.07, 6.45) is 0. The van der Waals surface area contributed by atoms with Crippen LogP contribution < -0.4 is 15.3 Å². The van der Waals surface area contributed by atoms with Gasteiger partial charge < -0.3 is 9.47 Å². The van der Waals surface area contributed by atoms with Gasteiger partial charge in [0.2, 0.25) is 5.82 Å². The first-order valence-electron chi connectivity index (χ1n) is 5.96. The zero-order valence-electron chi connectivity index (χ0n) is 11.2. The highest BCUT2D eigenvalue weighted by Gasteiger charge is 2.26. The van der Waals surface area contributed by atoms with Crippen molar-refractivity contribution in [2.24, 2.45) is 0 Å². The standard InChI is InChI=1S/C14H10F5O2P/c1-20-6-21-7-4-2-3-5-8(7)22-14-12(18)10(16)9(15)11(17)13(14)19/h2-5,22H,6H2,1H3. The van der Waals surface area contributed by atoms with Crippen LogP contribution in [-0.2, 0) is 4.74 Å². The van der Waals surface area contributed by atoms with Gasteiger partial charge in [0.25, 0.3) is 0 Å². The molecular weight excluding hydrogens is 326 g/mol. The smallest absolute Gasteiger partial charge is 0.200 e. The summed E-state index contributed by atoms with van der Waals surface area (Å²) in [5.74, 6) is -9.53. The van der Waals surface area contributed by atoms with E-state index in [0.29, 0.717) is 5.30 Å². The molecule has 0 fully saturated rings. The number of benzene rings is 2. The predicted molar refractivity (Wildman–Crippen MR) is 72.8 cm³/mol. The van der Waals surface area contributed by atoms with Crippen LogP contribution in [0.3, 0.4) is 0 Å². The summed E-state index contributed by atoms with van der Waals surface area (Å²) in [7, 11) is 0.580. The molecule has 0 radical (unpaired) electrons. The highest BCUT2D eigenvalue weighted by Crippen LogP contribution is 2.25. The molecule has 1 unspecified atom stereocenters. The number of hydrogen-bond acceptors (Lipinski definition) is 2. The summed E-state index contributed by atoms with van der Waals surface area (Å²) in [5.41, 5.74) is 0. The molecule has 22 heavy (non-hydrogen) atoms. The van der Waals surface area contributed by atoms with Crippen molar-refractivity contribution in [3.8, 4) is 5.75 Å². The van der Waals surface area contributed by atoms with Crippen LogP contribution in [-0.4, -0.2) is 13.9 Å². The molecule has 0 amide bonds. The monoisotopic (exact) mass is 336 g/mol. The third-order valence-corrected chi connectivity index (χ3v) is 4.06. The minimum atomic E-state index is -2.17. The molecule has 0 saturated carbocycles. The van der Waals surface area contributed by atoms with Gasteiger partial charge in [0.05, 0.1) is 5.30 Å². The maximum atomic E-state index is 13.7. The molecule has 0 spiro atoms. The summed E-state index contributed by atoms with van der Waals surface area (Å²) in [6, 6.07) is 6.15. The van der Waals surface area contributed by atoms with Crippen molar-refractivity contribution in [1.82, 2.24) is 0 Å². The van der Waals surface area contributed by atoms with Gasteiger partial charge in [0, 0.05) is 12.4 Å². The fraction of sp³-hybridized carbons (Fsp3) is 0.143. The number of hydrogen-bond donors (Lipinski definition) is 0. The van der Waals surface area contributed by atoms with Gasteiger partial charge in [-0.3, -0.25) is 0 Å². The van der Waals surface area contributed by atoms with Gasteiger partial charge in [-0.25, -0.2) is 22.0 Å². The molecule has 118 valence electrons. The van der Waals surface area contributed by atoms with Crippen molar-refractivity contribution in [1.29, 1.82) is 0 Å². The van der Waals surface area contributed by atoms with Crippen LogP contribution in [0.1, 0.15) is 0 Å². The third-order valence-electron chi connectivity index (χ3n) is 2.69. The van der Waals surface area contributed by atoms with E-state index in [4.69, 9.17) is 9.47 Å². The average molecular weight is 336 g/mol. The number of rotatable bonds is 5. The van der Waals surface area contributed by atoms with Crippen LogP contribution in [0.5, 0.6) is 5.75 Å². The van der Waals surface area contributed by atoms with E-state index in [1.54, 1.807) is 12.1 Å². The first-order chi connectivity index (χ1) is 10.5. The molecule has 0 aromatic heterocycles. The minimum absolute atomic E-state index is 0.113. The lowest BCUT2D eigenvalue weighted by atomic mass is 10.3. The van der Waals surface area contributed by atoms with Crippen molar-refractivity contribution in [3.05, 3.63) is 53.4 Å². The molecule has 2 aromatic rings. The van der Waals surface area contributed by atoms with E-state index < -0.39 is 43.0 Å². The Morgan fingerprint density at radius 2 is 1.41 bits per heavy atom. The largest absolute Gasteiger partial charge is 0.467 e. The van der Waals surface area contributed by atoms with Gasteiger partial charge in [-0.2, -0.15) is 0 Å². The highest BCUT2D eigenvalue weighted by molar-refractivity contribution is 7.55. The predicted octanol–water partition coefficient (Wildman–Crippen LogP) is 2.99. The lowest BCUT2D eigenvalue weighted by molar-refractivity contribution is 0.0519. The van der Waals surface area contributed by atoms with E-state index in [1.165, 1.54) is 19.2 Å². The molecule has 0 aliphatic rings. The van der Waals surface area contributed by atoms with Crippen LogP contribution >= 0.6 is 8.58 Å². The van der Waals surface area contributed by atoms with E-state index in [1.807, 2.05) is 0 Å². The second-order valence-electron chi connectivity index (χ2n) is 4.12. The molecular formula is C14H10F5O2P. The van der Waals surface area contributed by atoms with Crippen molar-refractivity contribution >= 4 is 19.2 Å². The lowest BCUT2D eigenvalue weighted by Gasteiger charge is -2.12. The maximum Gasteiger partial charge on any atom is 0.200 e. The molecule has 1 atom stereocenters. The number of halogens is 5. The molecule has 0 bridgehead atoms. The molecule has 8 heteroatoms. The number of methoxy groups -OCH3 is 1. The van der Waals surface area contributed by atoms with Gasteiger partial charge in [0.15, 0.2) is 30.1 Å². The van der Waals surface area contributed by atoms with E-state index >= 15 is 0 Å². The van der Waals surface area contributed by atoms with Crippen LogP contribution in [0.15, 0.2) is 24.3 Å². The Bertz CT molecular complexity index is 664. The van der Waals surface area contributed by atoms with Crippen LogP contribution in [0.25, 0.3) is 0 Å². The normalized spacial score (nSPS) is 11.4. The molecule has 0 saturated heterocycles. The Balaban J connectivity index is 2.44. The lowest BCUT2D eigenvalue weighted by Crippen LogP contribution is -2.19. The fourth-order valence-corrected chi connectivity index (χ4v) is 2.83. The Kier molecular flexibility index (Phi) is 5.32. The summed E-state index contributed by atoms with van der Waals surface area (Å²) in [6.45, 7) is -0.113. The van der Waals surface area contributed by atoms with E-state index in [-0.39, 0.29) is 12.5 Å². The van der Waals surface area contributed by atoms with Gasteiger partial charge in [-0.1, -0.05) is 18.2 Å². The Morgan fingerprint density at radius 1 is 0.864 bits per heavy atom. The second kappa shape index (κ2) is 7.03. The SMILES string of the molecule is COCOc1ccccc1Pc1c(F)c(F)c(F)c(F)c1F. The Hall–Kier alpha value is -1.72. The zero-order chi connectivity index (χ0) is 16.3. The quantitative estimate of drug-likeness (QED) is 0.275. The van der Waals surface area contributed by atoms with Gasteiger partial charge >= 0.3 is 0 Å². The summed E-state index contributed by atoms with van der Waals surface area (Å²) in [5, 5.41) is -0.590. The molecule has 0 heterocycles. The first kappa shape index (κ1) is 16.6. The van der Waals surface area contributed by atoms with Crippen LogP contribution in [0.4, 0.5) is 22.0 Å². The molecule has 2 nitrogen and oxygen atoms in total. The highest BCUT2D eigenvalue weighted by atomic mass is 31.1. The van der Waals surface area contributed by atoms with Crippen LogP contribution in [0, 0.1) is 29.1 Å². The molecule has 0 aliphatic carbocycles. The van der Waals surface area contributed by atoms with E-state index in [2.05, 4.69) is 0 Å². The van der Waals surface area contributed by atoms with Gasteiger partial charge in [-0.15, -0.1) is 0 Å².